The average Bonchev–Trinajstić information content (AvgIpc) is 3.28. The first-order chi connectivity index (χ1) is 14.7. The zero-order valence-corrected chi connectivity index (χ0v) is 17.2. The lowest BCUT2D eigenvalue weighted by atomic mass is 9.98. The number of piperazine rings is 1. The molecule has 4 heterocycles. The minimum atomic E-state index is 0.0193. The summed E-state index contributed by atoms with van der Waals surface area (Å²) < 4.78 is 1.70. The van der Waals surface area contributed by atoms with E-state index in [-0.39, 0.29) is 11.8 Å². The van der Waals surface area contributed by atoms with Crippen molar-refractivity contribution in [2.75, 3.05) is 49.1 Å². The highest BCUT2D eigenvalue weighted by Gasteiger charge is 2.37. The van der Waals surface area contributed by atoms with E-state index in [0.29, 0.717) is 13.1 Å². The maximum Gasteiger partial charge on any atom is 0.229 e. The average molecular weight is 424 g/mol. The quantitative estimate of drug-likeness (QED) is 0.640. The van der Waals surface area contributed by atoms with E-state index < -0.39 is 0 Å². The Morgan fingerprint density at radius 3 is 2.50 bits per heavy atom. The summed E-state index contributed by atoms with van der Waals surface area (Å²) in [5.74, 6) is 1.80. The van der Waals surface area contributed by atoms with Gasteiger partial charge in [-0.25, -0.2) is 14.6 Å². The minimum Gasteiger partial charge on any atom is -0.368 e. The Balaban J connectivity index is 1.16. The molecule has 154 valence electrons. The maximum atomic E-state index is 12.9. The molecule has 0 aliphatic carbocycles. The van der Waals surface area contributed by atoms with E-state index in [9.17, 15) is 4.79 Å². The molecule has 2 aliphatic rings. The van der Waals surface area contributed by atoms with E-state index in [1.807, 2.05) is 41.4 Å². The smallest absolute Gasteiger partial charge is 0.229 e. The van der Waals surface area contributed by atoms with Gasteiger partial charge in [0.15, 0.2) is 5.82 Å². The van der Waals surface area contributed by atoms with Crippen molar-refractivity contribution >= 4 is 29.0 Å². The number of benzene rings is 1. The lowest BCUT2D eigenvalue weighted by molar-refractivity contribution is -0.136. The van der Waals surface area contributed by atoms with Crippen molar-refractivity contribution in [2.24, 2.45) is 5.92 Å². The molecule has 2 aromatic heterocycles. The van der Waals surface area contributed by atoms with Crippen LogP contribution in [0.1, 0.15) is 0 Å². The number of rotatable bonds is 4. The predicted octanol–water partition coefficient (Wildman–Crippen LogP) is 2.10. The van der Waals surface area contributed by atoms with Crippen molar-refractivity contribution in [2.45, 2.75) is 0 Å². The zero-order valence-electron chi connectivity index (χ0n) is 16.4. The molecule has 0 saturated carbocycles. The van der Waals surface area contributed by atoms with Gasteiger partial charge in [0.2, 0.25) is 5.91 Å². The van der Waals surface area contributed by atoms with E-state index in [1.165, 1.54) is 6.33 Å². The lowest BCUT2D eigenvalue weighted by Gasteiger charge is -2.43. The predicted molar refractivity (Wildman–Crippen MR) is 115 cm³/mol. The summed E-state index contributed by atoms with van der Waals surface area (Å²) in [4.78, 5) is 27.9. The summed E-state index contributed by atoms with van der Waals surface area (Å²) in [6, 6.07) is 11.6. The van der Waals surface area contributed by atoms with Gasteiger partial charge < -0.3 is 14.7 Å². The fraction of sp³-hybridized carbons (Fsp3) is 0.333. The fourth-order valence-electron chi connectivity index (χ4n) is 3.98. The Kier molecular flexibility index (Phi) is 5.00. The molecule has 9 heteroatoms. The van der Waals surface area contributed by atoms with Crippen LogP contribution in [-0.4, -0.2) is 69.8 Å². The second kappa shape index (κ2) is 7.95. The van der Waals surface area contributed by atoms with Crippen LogP contribution >= 0.6 is 11.6 Å². The third-order valence-corrected chi connectivity index (χ3v) is 5.93. The molecular weight excluding hydrogens is 402 g/mol. The molecule has 2 saturated heterocycles. The Hall–Kier alpha value is -3.13. The third kappa shape index (κ3) is 3.70. The van der Waals surface area contributed by atoms with Crippen LogP contribution in [-0.2, 0) is 4.79 Å². The van der Waals surface area contributed by atoms with E-state index in [4.69, 9.17) is 11.6 Å². The van der Waals surface area contributed by atoms with Crippen molar-refractivity contribution < 1.29 is 4.79 Å². The van der Waals surface area contributed by atoms with E-state index in [0.717, 1.165) is 48.5 Å². The Morgan fingerprint density at radius 2 is 1.77 bits per heavy atom. The number of hydrogen-bond donors (Lipinski definition) is 0. The van der Waals surface area contributed by atoms with Crippen LogP contribution in [0.3, 0.4) is 0 Å². The highest BCUT2D eigenvalue weighted by Crippen LogP contribution is 2.26. The van der Waals surface area contributed by atoms with Gasteiger partial charge in [-0.15, -0.1) is 0 Å². The topological polar surface area (TPSA) is 70.4 Å². The van der Waals surface area contributed by atoms with Crippen molar-refractivity contribution in [3.05, 3.63) is 60.1 Å². The van der Waals surface area contributed by atoms with Gasteiger partial charge in [0.25, 0.3) is 0 Å². The van der Waals surface area contributed by atoms with Gasteiger partial charge in [-0.1, -0.05) is 17.7 Å². The monoisotopic (exact) mass is 423 g/mol. The number of hydrogen-bond acceptors (Lipinski definition) is 6. The van der Waals surface area contributed by atoms with E-state index in [2.05, 4.69) is 30.9 Å². The molecule has 30 heavy (non-hydrogen) atoms. The van der Waals surface area contributed by atoms with Gasteiger partial charge in [-0.3, -0.25) is 4.79 Å². The van der Waals surface area contributed by atoms with E-state index >= 15 is 0 Å². The van der Waals surface area contributed by atoms with Crippen LogP contribution in [0.25, 0.3) is 5.82 Å². The summed E-state index contributed by atoms with van der Waals surface area (Å²) in [7, 11) is 0. The van der Waals surface area contributed by atoms with Crippen molar-refractivity contribution in [1.82, 2.24) is 24.6 Å². The minimum absolute atomic E-state index is 0.0193. The third-order valence-electron chi connectivity index (χ3n) is 5.70. The van der Waals surface area contributed by atoms with Gasteiger partial charge in [0, 0.05) is 68.4 Å². The first kappa shape index (κ1) is 18.9. The first-order valence-electron chi connectivity index (χ1n) is 10.0. The molecule has 3 aromatic rings. The molecule has 0 spiro atoms. The van der Waals surface area contributed by atoms with Crippen molar-refractivity contribution in [3.8, 4) is 5.82 Å². The molecule has 2 aliphatic heterocycles. The first-order valence-corrected chi connectivity index (χ1v) is 10.4. The molecule has 0 unspecified atom stereocenters. The highest BCUT2D eigenvalue weighted by atomic mass is 35.5. The molecule has 1 amide bonds. The van der Waals surface area contributed by atoms with E-state index in [1.54, 1.807) is 10.9 Å². The number of halogens is 1. The summed E-state index contributed by atoms with van der Waals surface area (Å²) in [5.41, 5.74) is 1.11. The highest BCUT2D eigenvalue weighted by molar-refractivity contribution is 6.30. The second-order valence-corrected chi connectivity index (χ2v) is 8.02. The molecular formula is C21H22ClN7O. The van der Waals surface area contributed by atoms with Gasteiger partial charge in [-0.05, 0) is 24.3 Å². The Morgan fingerprint density at radius 1 is 0.967 bits per heavy atom. The normalized spacial score (nSPS) is 17.2. The Labute approximate surface area is 179 Å². The lowest BCUT2D eigenvalue weighted by Crippen LogP contribution is -2.58. The van der Waals surface area contributed by atoms with Crippen LogP contribution in [0.4, 0.5) is 11.5 Å². The molecule has 0 atom stereocenters. The standard InChI is InChI=1S/C21H22ClN7O/c22-17-3-1-4-18(11-17)26-7-9-27(10-8-26)21(30)16-13-28(14-16)19-12-20(24-15-23-19)29-6-2-5-25-29/h1-6,11-12,15-16H,7-10,13-14H2. The molecule has 8 nitrogen and oxygen atoms in total. The molecule has 5 rings (SSSR count). The van der Waals surface area contributed by atoms with Crippen LogP contribution in [0.2, 0.25) is 5.02 Å². The van der Waals surface area contributed by atoms with Gasteiger partial charge in [0.05, 0.1) is 5.92 Å². The molecule has 0 radical (unpaired) electrons. The van der Waals surface area contributed by atoms with Crippen molar-refractivity contribution in [3.63, 3.8) is 0 Å². The summed E-state index contributed by atoms with van der Waals surface area (Å²) in [6.07, 6.45) is 5.10. The second-order valence-electron chi connectivity index (χ2n) is 7.58. The number of aromatic nitrogens is 4. The summed E-state index contributed by atoms with van der Waals surface area (Å²) >= 11 is 6.10. The Bertz CT molecular complexity index is 1030. The largest absolute Gasteiger partial charge is 0.368 e. The van der Waals surface area contributed by atoms with Crippen molar-refractivity contribution in [1.29, 1.82) is 0 Å². The molecule has 0 bridgehead atoms. The van der Waals surface area contributed by atoms with Crippen LogP contribution in [0, 0.1) is 5.92 Å². The SMILES string of the molecule is O=C(C1CN(c2cc(-n3cccn3)ncn2)C1)N1CCN(c2cccc(Cl)c2)CC1. The summed E-state index contributed by atoms with van der Waals surface area (Å²) in [6.45, 7) is 4.48. The number of carbonyl (C=O) groups is 1. The summed E-state index contributed by atoms with van der Waals surface area (Å²) in [5, 5.41) is 4.94. The number of amides is 1. The molecule has 1 aromatic carbocycles. The van der Waals surface area contributed by atoms with Gasteiger partial charge >= 0.3 is 0 Å². The van der Waals surface area contributed by atoms with Crippen LogP contribution in [0.15, 0.2) is 55.1 Å². The van der Waals surface area contributed by atoms with Crippen LogP contribution < -0.4 is 9.80 Å². The van der Waals surface area contributed by atoms with Gasteiger partial charge in [-0.2, -0.15) is 5.10 Å². The van der Waals surface area contributed by atoms with Crippen LogP contribution in [0.5, 0.6) is 0 Å². The fourth-order valence-corrected chi connectivity index (χ4v) is 4.16. The number of carbonyl (C=O) groups excluding carboxylic acids is 1. The number of nitrogens with zero attached hydrogens (tertiary/aromatic N) is 7. The molecule has 2 fully saturated rings. The van der Waals surface area contributed by atoms with Gasteiger partial charge in [0.1, 0.15) is 12.1 Å². The zero-order chi connectivity index (χ0) is 20.5. The maximum absolute atomic E-state index is 12.9. The number of anilines is 2. The molecule has 0 N–H and O–H groups in total.